The molecule has 2 heteroatoms. The second kappa shape index (κ2) is 4.61. The van der Waals surface area contributed by atoms with Crippen molar-refractivity contribution >= 4 is 11.5 Å². The van der Waals surface area contributed by atoms with Crippen LogP contribution in [0, 0.1) is 0 Å². The molecule has 0 aromatic carbocycles. The quantitative estimate of drug-likeness (QED) is 0.695. The SMILES string of the molecule is CCCCc1nscc1C(C)C. The van der Waals surface area contributed by atoms with E-state index in [1.165, 1.54) is 24.1 Å². The van der Waals surface area contributed by atoms with Crippen molar-refractivity contribution in [2.75, 3.05) is 0 Å². The van der Waals surface area contributed by atoms with Crippen molar-refractivity contribution in [2.45, 2.75) is 46.0 Å². The second-order valence-electron chi connectivity index (χ2n) is 3.47. The molecular formula is C10H17NS. The minimum atomic E-state index is 0.635. The lowest BCUT2D eigenvalue weighted by Gasteiger charge is -2.04. The number of hydrogen-bond donors (Lipinski definition) is 0. The molecule has 0 radical (unpaired) electrons. The first kappa shape index (κ1) is 9.72. The monoisotopic (exact) mass is 183 g/mol. The Kier molecular flexibility index (Phi) is 3.73. The van der Waals surface area contributed by atoms with E-state index in [0.29, 0.717) is 5.92 Å². The summed E-state index contributed by atoms with van der Waals surface area (Å²) in [5.41, 5.74) is 2.78. The van der Waals surface area contributed by atoms with Gasteiger partial charge in [0.15, 0.2) is 0 Å². The normalized spacial score (nSPS) is 11.0. The molecule has 0 atom stereocenters. The maximum absolute atomic E-state index is 4.42. The third-order valence-corrected chi connectivity index (χ3v) is 2.75. The smallest absolute Gasteiger partial charge is 0.0576 e. The van der Waals surface area contributed by atoms with Crippen LogP contribution >= 0.6 is 11.5 Å². The minimum absolute atomic E-state index is 0.635. The average Bonchev–Trinajstić information content (AvgIpc) is 2.48. The zero-order valence-corrected chi connectivity index (χ0v) is 8.95. The summed E-state index contributed by atoms with van der Waals surface area (Å²) in [6.45, 7) is 6.69. The molecule has 0 unspecified atom stereocenters. The topological polar surface area (TPSA) is 12.9 Å². The van der Waals surface area contributed by atoms with Crippen LogP contribution in [0.25, 0.3) is 0 Å². The van der Waals surface area contributed by atoms with Gasteiger partial charge in [-0.2, -0.15) is 4.37 Å². The predicted molar refractivity (Wildman–Crippen MR) is 54.8 cm³/mol. The molecule has 0 aliphatic rings. The molecule has 0 aliphatic carbocycles. The lowest BCUT2D eigenvalue weighted by Crippen LogP contribution is -1.93. The van der Waals surface area contributed by atoms with E-state index in [-0.39, 0.29) is 0 Å². The summed E-state index contributed by atoms with van der Waals surface area (Å²) in [5, 5.41) is 2.19. The van der Waals surface area contributed by atoms with Crippen LogP contribution < -0.4 is 0 Å². The van der Waals surface area contributed by atoms with Crippen molar-refractivity contribution in [1.82, 2.24) is 4.37 Å². The Hall–Kier alpha value is -0.370. The summed E-state index contributed by atoms with van der Waals surface area (Å²) in [7, 11) is 0. The molecule has 1 rings (SSSR count). The van der Waals surface area contributed by atoms with Crippen LogP contribution in [-0.4, -0.2) is 4.37 Å². The van der Waals surface area contributed by atoms with Crippen LogP contribution in [0.3, 0.4) is 0 Å². The van der Waals surface area contributed by atoms with Crippen LogP contribution in [0.1, 0.15) is 50.8 Å². The fraction of sp³-hybridized carbons (Fsp3) is 0.700. The summed E-state index contributed by atoms with van der Waals surface area (Å²) in [5.74, 6) is 0.635. The molecule has 1 aromatic heterocycles. The molecule has 12 heavy (non-hydrogen) atoms. The molecule has 0 spiro atoms. The van der Waals surface area contributed by atoms with Gasteiger partial charge in [0.2, 0.25) is 0 Å². The molecule has 0 bridgehead atoms. The maximum Gasteiger partial charge on any atom is 0.0576 e. The molecule has 0 saturated carbocycles. The molecule has 0 amide bonds. The third kappa shape index (κ3) is 2.31. The number of rotatable bonds is 4. The standard InChI is InChI=1S/C10H17NS/c1-4-5-6-10-9(8(2)3)7-12-11-10/h7-8H,4-6H2,1-3H3. The van der Waals surface area contributed by atoms with Gasteiger partial charge in [-0.05, 0) is 35.9 Å². The molecule has 0 fully saturated rings. The summed E-state index contributed by atoms with van der Waals surface area (Å²) in [6, 6.07) is 0. The van der Waals surface area contributed by atoms with E-state index in [2.05, 4.69) is 30.5 Å². The summed E-state index contributed by atoms with van der Waals surface area (Å²) in [4.78, 5) is 0. The molecule has 1 nitrogen and oxygen atoms in total. The Morgan fingerprint density at radius 2 is 2.25 bits per heavy atom. The fourth-order valence-corrected chi connectivity index (χ4v) is 2.17. The number of aryl methyl sites for hydroxylation is 1. The van der Waals surface area contributed by atoms with Gasteiger partial charge in [-0.25, -0.2) is 0 Å². The van der Waals surface area contributed by atoms with E-state index in [1.807, 2.05) is 0 Å². The van der Waals surface area contributed by atoms with Gasteiger partial charge in [0, 0.05) is 5.38 Å². The number of nitrogens with zero attached hydrogens (tertiary/aromatic N) is 1. The molecule has 0 saturated heterocycles. The third-order valence-electron chi connectivity index (χ3n) is 2.06. The molecule has 1 aromatic rings. The molecule has 68 valence electrons. The molecular weight excluding hydrogens is 166 g/mol. The number of aromatic nitrogens is 1. The fourth-order valence-electron chi connectivity index (χ4n) is 1.27. The van der Waals surface area contributed by atoms with Crippen molar-refractivity contribution in [3.8, 4) is 0 Å². The highest BCUT2D eigenvalue weighted by molar-refractivity contribution is 7.03. The van der Waals surface area contributed by atoms with Crippen LogP contribution in [0.15, 0.2) is 5.38 Å². The first-order valence-corrected chi connectivity index (χ1v) is 5.52. The zero-order valence-electron chi connectivity index (χ0n) is 8.13. The van der Waals surface area contributed by atoms with Crippen LogP contribution in [-0.2, 0) is 6.42 Å². The van der Waals surface area contributed by atoms with Gasteiger partial charge in [-0.3, -0.25) is 0 Å². The number of unbranched alkanes of at least 4 members (excludes halogenated alkanes) is 1. The van der Waals surface area contributed by atoms with Crippen LogP contribution in [0.2, 0.25) is 0 Å². The van der Waals surface area contributed by atoms with Crippen molar-refractivity contribution < 1.29 is 0 Å². The van der Waals surface area contributed by atoms with Gasteiger partial charge in [0.25, 0.3) is 0 Å². The first-order chi connectivity index (χ1) is 5.75. The molecule has 0 aliphatic heterocycles. The highest BCUT2D eigenvalue weighted by Gasteiger charge is 2.08. The average molecular weight is 183 g/mol. The molecule has 0 N–H and O–H groups in total. The van der Waals surface area contributed by atoms with E-state index in [9.17, 15) is 0 Å². The van der Waals surface area contributed by atoms with E-state index >= 15 is 0 Å². The van der Waals surface area contributed by atoms with Gasteiger partial charge in [-0.15, -0.1) is 0 Å². The molecule has 1 heterocycles. The van der Waals surface area contributed by atoms with E-state index in [1.54, 1.807) is 11.5 Å². The van der Waals surface area contributed by atoms with E-state index < -0.39 is 0 Å². The Bertz CT molecular complexity index is 227. The zero-order chi connectivity index (χ0) is 8.97. The van der Waals surface area contributed by atoms with Crippen LogP contribution in [0.4, 0.5) is 0 Å². The van der Waals surface area contributed by atoms with Crippen molar-refractivity contribution in [3.05, 3.63) is 16.6 Å². The highest BCUT2D eigenvalue weighted by Crippen LogP contribution is 2.21. The van der Waals surface area contributed by atoms with Crippen molar-refractivity contribution in [2.24, 2.45) is 0 Å². The van der Waals surface area contributed by atoms with E-state index in [0.717, 1.165) is 6.42 Å². The van der Waals surface area contributed by atoms with Gasteiger partial charge < -0.3 is 0 Å². The highest BCUT2D eigenvalue weighted by atomic mass is 32.1. The Labute approximate surface area is 79.0 Å². The Morgan fingerprint density at radius 3 is 2.83 bits per heavy atom. The predicted octanol–water partition coefficient (Wildman–Crippen LogP) is 3.61. The van der Waals surface area contributed by atoms with Gasteiger partial charge >= 0.3 is 0 Å². The largest absolute Gasteiger partial charge is 0.197 e. The Morgan fingerprint density at radius 1 is 1.50 bits per heavy atom. The minimum Gasteiger partial charge on any atom is -0.197 e. The van der Waals surface area contributed by atoms with Crippen molar-refractivity contribution in [1.29, 1.82) is 0 Å². The first-order valence-electron chi connectivity index (χ1n) is 4.68. The second-order valence-corrected chi connectivity index (χ2v) is 4.10. The lowest BCUT2D eigenvalue weighted by molar-refractivity contribution is 0.757. The van der Waals surface area contributed by atoms with Gasteiger partial charge in [-0.1, -0.05) is 27.2 Å². The van der Waals surface area contributed by atoms with E-state index in [4.69, 9.17) is 0 Å². The lowest BCUT2D eigenvalue weighted by atomic mass is 10.0. The summed E-state index contributed by atoms with van der Waals surface area (Å²) < 4.78 is 4.42. The summed E-state index contributed by atoms with van der Waals surface area (Å²) in [6.07, 6.45) is 3.69. The van der Waals surface area contributed by atoms with Gasteiger partial charge in [0.05, 0.1) is 5.69 Å². The summed E-state index contributed by atoms with van der Waals surface area (Å²) >= 11 is 1.59. The van der Waals surface area contributed by atoms with Crippen molar-refractivity contribution in [3.63, 3.8) is 0 Å². The van der Waals surface area contributed by atoms with Crippen LogP contribution in [0.5, 0.6) is 0 Å². The number of hydrogen-bond acceptors (Lipinski definition) is 2. The van der Waals surface area contributed by atoms with Gasteiger partial charge in [0.1, 0.15) is 0 Å². The maximum atomic E-state index is 4.42. The Balaban J connectivity index is 2.64.